The number of nitrogens with zero attached hydrogens (tertiary/aromatic N) is 1. The third-order valence-corrected chi connectivity index (χ3v) is 2.90. The third-order valence-electron chi connectivity index (χ3n) is 2.90. The second-order valence-corrected chi connectivity index (χ2v) is 4.56. The Balaban J connectivity index is 2.76. The van der Waals surface area contributed by atoms with Crippen molar-refractivity contribution < 1.29 is 17.9 Å². The highest BCUT2D eigenvalue weighted by molar-refractivity contribution is 5.80. The van der Waals surface area contributed by atoms with E-state index in [1.54, 1.807) is 31.3 Å². The van der Waals surface area contributed by atoms with E-state index in [0.29, 0.717) is 5.75 Å². The number of hydrogen-bond donors (Lipinski definition) is 2. The van der Waals surface area contributed by atoms with Crippen molar-refractivity contribution in [3.05, 3.63) is 29.8 Å². The van der Waals surface area contributed by atoms with E-state index in [-0.39, 0.29) is 13.1 Å². The molecule has 0 saturated heterocycles. The van der Waals surface area contributed by atoms with Crippen LogP contribution in [-0.4, -0.2) is 37.6 Å². The topological polar surface area (TPSA) is 62.3 Å². The Morgan fingerprint density at radius 3 is 2.50 bits per heavy atom. The fraction of sp³-hybridized carbons (Fsp3) is 0.462. The number of halogens is 3. The molecule has 3 N–H and O–H groups in total. The smallest absolute Gasteiger partial charge is 0.399 e. The number of ether oxygens (including phenoxy) is 1. The number of rotatable bonds is 6. The number of amidine groups is 1. The lowest BCUT2D eigenvalue weighted by Gasteiger charge is -2.25. The average molecular weight is 289 g/mol. The highest BCUT2D eigenvalue weighted by Gasteiger charge is 2.42. The van der Waals surface area contributed by atoms with Crippen LogP contribution in [0.2, 0.25) is 0 Å². The van der Waals surface area contributed by atoms with Gasteiger partial charge >= 0.3 is 6.18 Å². The highest BCUT2D eigenvalue weighted by Crippen LogP contribution is 2.27. The van der Waals surface area contributed by atoms with Crippen LogP contribution in [0.4, 0.5) is 13.2 Å². The molecule has 0 aliphatic rings. The summed E-state index contributed by atoms with van der Waals surface area (Å²) in [5.74, 6) is -2.21. The van der Waals surface area contributed by atoms with Crippen molar-refractivity contribution in [2.75, 3.05) is 20.7 Å². The maximum atomic E-state index is 12.7. The molecule has 112 valence electrons. The molecule has 0 bridgehead atoms. The number of nitrogens with one attached hydrogen (secondary N) is 1. The van der Waals surface area contributed by atoms with Gasteiger partial charge in [0.25, 0.3) is 0 Å². The van der Waals surface area contributed by atoms with Crippen LogP contribution >= 0.6 is 0 Å². The second-order valence-electron chi connectivity index (χ2n) is 4.56. The number of hydrogen-bond acceptors (Lipinski definition) is 3. The highest BCUT2D eigenvalue weighted by atomic mass is 19.4. The Morgan fingerprint density at radius 1 is 1.40 bits per heavy atom. The third kappa shape index (κ3) is 4.41. The predicted molar refractivity (Wildman–Crippen MR) is 70.8 cm³/mol. The quantitative estimate of drug-likeness (QED) is 0.623. The first kappa shape index (κ1) is 16.3. The van der Waals surface area contributed by atoms with Gasteiger partial charge < -0.3 is 15.4 Å². The number of para-hydroxylation sites is 1. The van der Waals surface area contributed by atoms with Crippen molar-refractivity contribution in [3.8, 4) is 5.75 Å². The zero-order valence-corrected chi connectivity index (χ0v) is 11.4. The molecular formula is C13H18F3N3O. The van der Waals surface area contributed by atoms with E-state index in [1.165, 1.54) is 12.0 Å². The van der Waals surface area contributed by atoms with Gasteiger partial charge in [0.1, 0.15) is 17.5 Å². The van der Waals surface area contributed by atoms with E-state index in [0.717, 1.165) is 5.56 Å². The Hall–Kier alpha value is -1.76. The van der Waals surface area contributed by atoms with Crippen LogP contribution in [0.15, 0.2) is 24.3 Å². The van der Waals surface area contributed by atoms with Gasteiger partial charge in [0.2, 0.25) is 0 Å². The van der Waals surface area contributed by atoms with E-state index in [1.807, 2.05) is 0 Å². The van der Waals surface area contributed by atoms with Crippen molar-refractivity contribution in [3.63, 3.8) is 0 Å². The van der Waals surface area contributed by atoms with Crippen molar-refractivity contribution in [2.45, 2.75) is 12.7 Å². The summed E-state index contributed by atoms with van der Waals surface area (Å²) in [4.78, 5) is 1.47. The molecule has 1 rings (SSSR count). The number of alkyl halides is 3. The van der Waals surface area contributed by atoms with Crippen LogP contribution in [-0.2, 0) is 6.54 Å². The van der Waals surface area contributed by atoms with Crippen LogP contribution in [0.3, 0.4) is 0 Å². The monoisotopic (exact) mass is 289 g/mol. The lowest BCUT2D eigenvalue weighted by atomic mass is 10.1. The molecule has 4 nitrogen and oxygen atoms in total. The van der Waals surface area contributed by atoms with E-state index >= 15 is 0 Å². The summed E-state index contributed by atoms with van der Waals surface area (Å²) in [6.07, 6.45) is -4.51. The van der Waals surface area contributed by atoms with Crippen LogP contribution < -0.4 is 10.5 Å². The first-order valence-electron chi connectivity index (χ1n) is 5.96. The summed E-state index contributed by atoms with van der Waals surface area (Å²) in [6, 6.07) is 7.11. The maximum absolute atomic E-state index is 12.7. The fourth-order valence-corrected chi connectivity index (χ4v) is 1.88. The van der Waals surface area contributed by atoms with Crippen LogP contribution in [0.1, 0.15) is 5.56 Å². The predicted octanol–water partition coefficient (Wildman–Crippen LogP) is 2.24. The van der Waals surface area contributed by atoms with Gasteiger partial charge in [-0.1, -0.05) is 18.2 Å². The fourth-order valence-electron chi connectivity index (χ4n) is 1.88. The van der Waals surface area contributed by atoms with Gasteiger partial charge in [0.15, 0.2) is 0 Å². The second kappa shape index (κ2) is 6.60. The molecule has 0 saturated carbocycles. The molecule has 0 radical (unpaired) electrons. The Morgan fingerprint density at radius 2 is 2.00 bits per heavy atom. The van der Waals surface area contributed by atoms with Gasteiger partial charge in [0, 0.05) is 18.7 Å². The lowest BCUT2D eigenvalue weighted by molar-refractivity contribution is -0.159. The zero-order chi connectivity index (χ0) is 15.3. The molecular weight excluding hydrogens is 271 g/mol. The van der Waals surface area contributed by atoms with Crippen LogP contribution in [0.5, 0.6) is 5.75 Å². The number of nitrogens with two attached hydrogens (primary N) is 1. The number of benzene rings is 1. The van der Waals surface area contributed by atoms with Crippen molar-refractivity contribution in [1.82, 2.24) is 4.90 Å². The van der Waals surface area contributed by atoms with Crippen molar-refractivity contribution in [2.24, 2.45) is 11.7 Å². The summed E-state index contributed by atoms with van der Waals surface area (Å²) in [5, 5.41) is 7.07. The molecule has 1 aromatic carbocycles. The van der Waals surface area contributed by atoms with Crippen molar-refractivity contribution in [1.29, 1.82) is 5.41 Å². The summed E-state index contributed by atoms with van der Waals surface area (Å²) in [6.45, 7) is -0.0826. The summed E-state index contributed by atoms with van der Waals surface area (Å²) < 4.78 is 43.4. The molecule has 1 atom stereocenters. The molecule has 0 spiro atoms. The first-order valence-corrected chi connectivity index (χ1v) is 5.96. The van der Waals surface area contributed by atoms with Gasteiger partial charge in [-0.3, -0.25) is 5.41 Å². The van der Waals surface area contributed by atoms with E-state index < -0.39 is 17.9 Å². The molecule has 0 aliphatic heterocycles. The number of methoxy groups -OCH3 is 1. The molecule has 0 aliphatic carbocycles. The van der Waals surface area contributed by atoms with Gasteiger partial charge in [-0.2, -0.15) is 13.2 Å². The average Bonchev–Trinajstić information content (AvgIpc) is 2.35. The Labute approximate surface area is 115 Å². The molecule has 20 heavy (non-hydrogen) atoms. The van der Waals surface area contributed by atoms with E-state index in [9.17, 15) is 13.2 Å². The lowest BCUT2D eigenvalue weighted by Crippen LogP contribution is -2.42. The standard InChI is InChI=1S/C13H18F3N3O/c1-19(8-10(12(17)18)13(14,15)16)7-9-5-3-4-6-11(9)20-2/h3-6,10H,7-8H2,1-2H3,(H3,17,18). The largest absolute Gasteiger partial charge is 0.496 e. The Kier molecular flexibility index (Phi) is 5.38. The van der Waals surface area contributed by atoms with Crippen LogP contribution in [0.25, 0.3) is 0 Å². The minimum Gasteiger partial charge on any atom is -0.496 e. The SMILES string of the molecule is COc1ccccc1CN(C)CC(C(=N)N)C(F)(F)F. The van der Waals surface area contributed by atoms with Gasteiger partial charge in [-0.05, 0) is 13.1 Å². The molecule has 0 heterocycles. The first-order chi connectivity index (χ1) is 9.25. The zero-order valence-electron chi connectivity index (χ0n) is 11.4. The molecule has 1 unspecified atom stereocenters. The van der Waals surface area contributed by atoms with Gasteiger partial charge in [0.05, 0.1) is 7.11 Å². The molecule has 0 aromatic heterocycles. The van der Waals surface area contributed by atoms with Gasteiger partial charge in [-0.15, -0.1) is 0 Å². The van der Waals surface area contributed by atoms with E-state index in [2.05, 4.69) is 0 Å². The summed E-state index contributed by atoms with van der Waals surface area (Å²) in [7, 11) is 3.06. The molecule has 0 fully saturated rings. The minimum atomic E-state index is -4.51. The van der Waals surface area contributed by atoms with Gasteiger partial charge in [-0.25, -0.2) is 0 Å². The molecule has 0 amide bonds. The summed E-state index contributed by atoms with van der Waals surface area (Å²) in [5.41, 5.74) is 5.81. The van der Waals surface area contributed by atoms with Crippen molar-refractivity contribution >= 4 is 5.84 Å². The molecule has 1 aromatic rings. The van der Waals surface area contributed by atoms with Crippen LogP contribution in [0, 0.1) is 11.3 Å². The Bertz CT molecular complexity index is 462. The maximum Gasteiger partial charge on any atom is 0.399 e. The normalized spacial score (nSPS) is 13.3. The van der Waals surface area contributed by atoms with E-state index in [4.69, 9.17) is 15.9 Å². The summed E-state index contributed by atoms with van der Waals surface area (Å²) >= 11 is 0. The molecule has 7 heteroatoms. The minimum absolute atomic E-state index is 0.282.